The molecular formula is C10H19O. The fourth-order valence-corrected chi connectivity index (χ4v) is 1.45. The topological polar surface area (TPSA) is 17.1 Å². The molecule has 1 unspecified atom stereocenters. The fraction of sp³-hybridized carbons (Fsp3) is 0.900. The van der Waals surface area contributed by atoms with Crippen LogP contribution in [0.1, 0.15) is 47.0 Å². The zero-order chi connectivity index (χ0) is 8.91. The van der Waals surface area contributed by atoms with Gasteiger partial charge < -0.3 is 0 Å². The highest BCUT2D eigenvalue weighted by molar-refractivity contribution is 5.50. The van der Waals surface area contributed by atoms with Crippen LogP contribution in [-0.2, 0) is 4.79 Å². The third-order valence-corrected chi connectivity index (χ3v) is 1.70. The Balaban J connectivity index is 3.51. The number of hydrogen-bond acceptors (Lipinski definition) is 1. The Morgan fingerprint density at radius 2 is 1.91 bits per heavy atom. The predicted molar refractivity (Wildman–Crippen MR) is 48.2 cm³/mol. The third-order valence-electron chi connectivity index (χ3n) is 1.70. The molecule has 1 nitrogen and oxygen atoms in total. The van der Waals surface area contributed by atoms with Crippen LogP contribution in [0.15, 0.2) is 0 Å². The van der Waals surface area contributed by atoms with Crippen molar-refractivity contribution in [2.45, 2.75) is 47.0 Å². The molecule has 0 bridgehead atoms. The fourth-order valence-electron chi connectivity index (χ4n) is 1.45. The molecule has 0 aliphatic carbocycles. The monoisotopic (exact) mass is 155 g/mol. The lowest BCUT2D eigenvalue weighted by molar-refractivity contribution is 0.298. The highest BCUT2D eigenvalue weighted by Gasteiger charge is 2.14. The van der Waals surface area contributed by atoms with E-state index in [1.807, 2.05) is 6.29 Å². The normalized spacial score (nSPS) is 14.5. The van der Waals surface area contributed by atoms with Crippen molar-refractivity contribution in [2.75, 3.05) is 0 Å². The molecule has 1 radical (unpaired) electrons. The van der Waals surface area contributed by atoms with Gasteiger partial charge >= 0.3 is 0 Å². The van der Waals surface area contributed by atoms with E-state index in [9.17, 15) is 4.79 Å². The van der Waals surface area contributed by atoms with Gasteiger partial charge in [-0.15, -0.1) is 0 Å². The lowest BCUT2D eigenvalue weighted by Crippen LogP contribution is -2.10. The van der Waals surface area contributed by atoms with Gasteiger partial charge in [0.1, 0.15) is 0 Å². The van der Waals surface area contributed by atoms with Gasteiger partial charge in [-0.2, -0.15) is 0 Å². The molecule has 65 valence electrons. The second-order valence-electron chi connectivity index (χ2n) is 4.55. The van der Waals surface area contributed by atoms with Gasteiger partial charge in [-0.05, 0) is 24.2 Å². The Kier molecular flexibility index (Phi) is 4.39. The second-order valence-corrected chi connectivity index (χ2v) is 4.55. The standard InChI is InChI=1S/C10H19O/c1-9(6-5-7-11)8-10(2,3)4/h9H,5-6,8H2,1-4H3. The van der Waals surface area contributed by atoms with Crippen molar-refractivity contribution in [1.29, 1.82) is 0 Å². The average molecular weight is 155 g/mol. The zero-order valence-corrected chi connectivity index (χ0v) is 8.11. The van der Waals surface area contributed by atoms with E-state index in [0.717, 1.165) is 6.42 Å². The van der Waals surface area contributed by atoms with E-state index < -0.39 is 0 Å². The maximum absolute atomic E-state index is 9.95. The van der Waals surface area contributed by atoms with Crippen LogP contribution in [0.2, 0.25) is 0 Å². The summed E-state index contributed by atoms with van der Waals surface area (Å²) in [4.78, 5) is 9.95. The zero-order valence-electron chi connectivity index (χ0n) is 8.11. The summed E-state index contributed by atoms with van der Waals surface area (Å²) in [5.41, 5.74) is 0.391. The minimum atomic E-state index is 0.391. The molecule has 0 aromatic heterocycles. The lowest BCUT2D eigenvalue weighted by atomic mass is 9.84. The van der Waals surface area contributed by atoms with Crippen LogP contribution >= 0.6 is 0 Å². The van der Waals surface area contributed by atoms with Crippen molar-refractivity contribution in [2.24, 2.45) is 11.3 Å². The van der Waals surface area contributed by atoms with E-state index in [-0.39, 0.29) is 0 Å². The summed E-state index contributed by atoms with van der Waals surface area (Å²) in [6, 6.07) is 0. The predicted octanol–water partition coefficient (Wildman–Crippen LogP) is 2.95. The van der Waals surface area contributed by atoms with Gasteiger partial charge in [0.05, 0.1) is 0 Å². The molecule has 0 fully saturated rings. The van der Waals surface area contributed by atoms with Crippen LogP contribution in [0.3, 0.4) is 0 Å². The number of hydrogen-bond donors (Lipinski definition) is 0. The first-order valence-electron chi connectivity index (χ1n) is 4.31. The van der Waals surface area contributed by atoms with E-state index >= 15 is 0 Å². The molecule has 1 heteroatoms. The van der Waals surface area contributed by atoms with Crippen LogP contribution in [0.4, 0.5) is 0 Å². The smallest absolute Gasteiger partial charge is 0.198 e. The van der Waals surface area contributed by atoms with Crippen LogP contribution < -0.4 is 0 Å². The number of rotatable bonds is 4. The van der Waals surface area contributed by atoms with Gasteiger partial charge in [-0.1, -0.05) is 27.7 Å². The summed E-state index contributed by atoms with van der Waals surface area (Å²) >= 11 is 0. The molecule has 1 atom stereocenters. The summed E-state index contributed by atoms with van der Waals surface area (Å²) in [6.07, 6.45) is 4.70. The van der Waals surface area contributed by atoms with E-state index in [1.54, 1.807) is 0 Å². The quantitative estimate of drug-likeness (QED) is 0.610. The largest absolute Gasteiger partial charge is 0.291 e. The maximum Gasteiger partial charge on any atom is 0.198 e. The Hall–Kier alpha value is -0.330. The Morgan fingerprint density at radius 1 is 1.36 bits per heavy atom. The third kappa shape index (κ3) is 7.57. The molecule has 0 heterocycles. The van der Waals surface area contributed by atoms with Gasteiger partial charge in [-0.25, -0.2) is 0 Å². The van der Waals surface area contributed by atoms with Crippen LogP contribution in [0.25, 0.3) is 0 Å². The molecule has 0 aliphatic heterocycles. The van der Waals surface area contributed by atoms with Crippen LogP contribution in [0.5, 0.6) is 0 Å². The summed E-state index contributed by atoms with van der Waals surface area (Å²) in [6.45, 7) is 8.89. The number of carbonyl (C=O) groups excluding carboxylic acids is 1. The van der Waals surface area contributed by atoms with Crippen molar-refractivity contribution >= 4 is 6.29 Å². The lowest BCUT2D eigenvalue weighted by Gasteiger charge is -2.22. The molecule has 0 aliphatic rings. The van der Waals surface area contributed by atoms with Gasteiger partial charge in [0, 0.05) is 6.42 Å². The van der Waals surface area contributed by atoms with Gasteiger partial charge in [-0.3, -0.25) is 4.79 Å². The Bertz CT molecular complexity index is 111. The average Bonchev–Trinajstić information content (AvgIpc) is 1.79. The summed E-state index contributed by atoms with van der Waals surface area (Å²) in [7, 11) is 0. The molecule has 0 saturated heterocycles. The molecule has 0 N–H and O–H groups in total. The molecule has 0 rings (SSSR count). The van der Waals surface area contributed by atoms with Crippen LogP contribution in [0, 0.1) is 11.3 Å². The van der Waals surface area contributed by atoms with Gasteiger partial charge in [0.25, 0.3) is 0 Å². The van der Waals surface area contributed by atoms with Crippen molar-refractivity contribution in [3.05, 3.63) is 0 Å². The summed E-state index contributed by atoms with van der Waals surface area (Å²) in [5, 5.41) is 0. The highest BCUT2D eigenvalue weighted by Crippen LogP contribution is 2.26. The first kappa shape index (κ1) is 10.7. The van der Waals surface area contributed by atoms with Gasteiger partial charge in [0.2, 0.25) is 0 Å². The molecule has 0 spiro atoms. The van der Waals surface area contributed by atoms with Crippen molar-refractivity contribution in [1.82, 2.24) is 0 Å². The van der Waals surface area contributed by atoms with Crippen molar-refractivity contribution in [3.63, 3.8) is 0 Å². The van der Waals surface area contributed by atoms with Gasteiger partial charge in [0.15, 0.2) is 6.29 Å². The van der Waals surface area contributed by atoms with Crippen LogP contribution in [-0.4, -0.2) is 6.29 Å². The van der Waals surface area contributed by atoms with E-state index in [0.29, 0.717) is 17.8 Å². The summed E-state index contributed by atoms with van der Waals surface area (Å²) in [5.74, 6) is 0.649. The minimum Gasteiger partial charge on any atom is -0.291 e. The Labute approximate surface area is 70.2 Å². The van der Waals surface area contributed by atoms with Crippen molar-refractivity contribution in [3.8, 4) is 0 Å². The van der Waals surface area contributed by atoms with E-state index in [4.69, 9.17) is 0 Å². The molecular weight excluding hydrogens is 136 g/mol. The molecule has 0 amide bonds. The highest BCUT2D eigenvalue weighted by atomic mass is 16.1. The first-order valence-corrected chi connectivity index (χ1v) is 4.31. The second kappa shape index (κ2) is 4.53. The molecule has 0 aromatic carbocycles. The van der Waals surface area contributed by atoms with E-state index in [2.05, 4.69) is 27.7 Å². The van der Waals surface area contributed by atoms with E-state index in [1.165, 1.54) is 6.42 Å². The molecule has 11 heavy (non-hydrogen) atoms. The minimum absolute atomic E-state index is 0.391. The molecule has 0 saturated carbocycles. The first-order chi connectivity index (χ1) is 4.95. The summed E-state index contributed by atoms with van der Waals surface area (Å²) < 4.78 is 0. The Morgan fingerprint density at radius 3 is 2.27 bits per heavy atom. The maximum atomic E-state index is 9.95. The van der Waals surface area contributed by atoms with Crippen molar-refractivity contribution < 1.29 is 4.79 Å². The SMILES string of the molecule is CC(CC[C]=O)CC(C)(C)C. The molecule has 0 aromatic rings.